The van der Waals surface area contributed by atoms with Crippen molar-refractivity contribution in [3.63, 3.8) is 0 Å². The van der Waals surface area contributed by atoms with E-state index in [2.05, 4.69) is 15.5 Å². The van der Waals surface area contributed by atoms with Crippen molar-refractivity contribution in [3.05, 3.63) is 23.9 Å². The number of hydrogen-bond acceptors (Lipinski definition) is 5. The molecule has 1 amide bonds. The third kappa shape index (κ3) is 3.88. The zero-order valence-electron chi connectivity index (χ0n) is 12.4. The van der Waals surface area contributed by atoms with Gasteiger partial charge >= 0.3 is 12.1 Å². The van der Waals surface area contributed by atoms with E-state index in [0.717, 1.165) is 0 Å². The number of alkyl halides is 1. The third-order valence-corrected chi connectivity index (χ3v) is 2.70. The number of anilines is 1. The largest absolute Gasteiger partial charge is 0.445 e. The zero-order chi connectivity index (χ0) is 16.3. The van der Waals surface area contributed by atoms with E-state index in [1.165, 1.54) is 0 Å². The van der Waals surface area contributed by atoms with E-state index >= 15 is 0 Å². The molecule has 0 aliphatic heterocycles. The first-order valence-electron chi connectivity index (χ1n) is 6.51. The van der Waals surface area contributed by atoms with Gasteiger partial charge in [0.2, 0.25) is 0 Å². The fourth-order valence-corrected chi connectivity index (χ4v) is 1.89. The lowest BCUT2D eigenvalue weighted by Crippen LogP contribution is -2.27. The van der Waals surface area contributed by atoms with Crippen LogP contribution in [0.3, 0.4) is 0 Å². The van der Waals surface area contributed by atoms with Crippen molar-refractivity contribution in [2.24, 2.45) is 0 Å². The summed E-state index contributed by atoms with van der Waals surface area (Å²) >= 11 is 5.36. The molecule has 0 saturated heterocycles. The van der Waals surface area contributed by atoms with E-state index in [0.29, 0.717) is 16.6 Å². The highest BCUT2D eigenvalue weighted by molar-refractivity contribution is 6.18. The topological polar surface area (TPSA) is 93.3 Å². The van der Waals surface area contributed by atoms with E-state index in [-0.39, 0.29) is 11.8 Å². The van der Waals surface area contributed by atoms with Gasteiger partial charge in [0.25, 0.3) is 0 Å². The van der Waals surface area contributed by atoms with E-state index in [1.807, 2.05) is 0 Å². The molecule has 1 heterocycles. The van der Waals surface area contributed by atoms with E-state index in [9.17, 15) is 9.59 Å². The first-order chi connectivity index (χ1) is 10.3. The van der Waals surface area contributed by atoms with E-state index in [4.69, 9.17) is 21.1 Å². The number of ether oxygens (including phenoxy) is 2. The summed E-state index contributed by atoms with van der Waals surface area (Å²) in [4.78, 5) is 23.4. The average molecular weight is 326 g/mol. The van der Waals surface area contributed by atoms with Crippen LogP contribution in [0.5, 0.6) is 0 Å². The predicted octanol–water partition coefficient (Wildman–Crippen LogP) is 3.26. The molecule has 0 unspecified atom stereocenters. The van der Waals surface area contributed by atoms with Crippen LogP contribution in [0.15, 0.2) is 18.2 Å². The lowest BCUT2D eigenvalue weighted by atomic mass is 10.2. The summed E-state index contributed by atoms with van der Waals surface area (Å²) in [6.07, 6.45) is -0.562. The van der Waals surface area contributed by atoms with Crippen molar-refractivity contribution in [2.45, 2.75) is 26.4 Å². The molecule has 0 saturated carbocycles. The summed E-state index contributed by atoms with van der Waals surface area (Å²) in [5.74, 6) is -0.617. The van der Waals surface area contributed by atoms with Crippen LogP contribution >= 0.6 is 11.6 Å². The highest BCUT2D eigenvalue weighted by atomic mass is 35.5. The fraction of sp³-hybridized carbons (Fsp3) is 0.357. The van der Waals surface area contributed by atoms with Crippen LogP contribution in [-0.2, 0) is 9.47 Å². The van der Waals surface area contributed by atoms with E-state index < -0.39 is 17.7 Å². The van der Waals surface area contributed by atoms with Crippen molar-refractivity contribution < 1.29 is 19.1 Å². The zero-order valence-corrected chi connectivity index (χ0v) is 13.2. The number of aromatic nitrogens is 2. The number of fused-ring (bicyclic) bond motifs is 1. The number of H-pyrrole nitrogens is 1. The number of carbonyl (C=O) groups excluding carboxylic acids is 2. The van der Waals surface area contributed by atoms with Crippen LogP contribution in [0.2, 0.25) is 0 Å². The molecule has 0 fully saturated rings. The number of rotatable bonds is 3. The first-order valence-corrected chi connectivity index (χ1v) is 7.05. The Morgan fingerprint density at radius 2 is 2.09 bits per heavy atom. The Labute approximate surface area is 131 Å². The van der Waals surface area contributed by atoms with Gasteiger partial charge in [-0.1, -0.05) is 11.6 Å². The van der Waals surface area contributed by atoms with Gasteiger partial charge in [-0.05, 0) is 39.0 Å². The van der Waals surface area contributed by atoms with Crippen LogP contribution in [0, 0.1) is 0 Å². The number of esters is 1. The molecule has 2 N–H and O–H groups in total. The molecule has 1 aromatic carbocycles. The molecule has 7 nitrogen and oxygen atoms in total. The number of nitrogens with one attached hydrogen (secondary N) is 2. The number of nitrogens with zero attached hydrogens (tertiary/aromatic N) is 1. The molecule has 0 aliphatic carbocycles. The lowest BCUT2D eigenvalue weighted by molar-refractivity contribution is 0.0568. The quantitative estimate of drug-likeness (QED) is 0.667. The lowest BCUT2D eigenvalue weighted by Gasteiger charge is -2.19. The number of hydrogen-bond donors (Lipinski definition) is 2. The molecular formula is C14H16ClN3O4. The SMILES string of the molecule is CC(C)(C)OC(=O)Nc1ccc2c(C(=O)OCCl)n[nH]c2c1. The second kappa shape index (κ2) is 6.23. The van der Waals surface area contributed by atoms with Gasteiger partial charge in [-0.25, -0.2) is 9.59 Å². The predicted molar refractivity (Wildman–Crippen MR) is 82.1 cm³/mol. The van der Waals surface area contributed by atoms with Gasteiger partial charge < -0.3 is 9.47 Å². The molecule has 8 heteroatoms. The third-order valence-electron chi connectivity index (χ3n) is 2.59. The Bertz CT molecular complexity index is 706. The van der Waals surface area contributed by atoms with Crippen LogP contribution in [0.25, 0.3) is 10.9 Å². The Morgan fingerprint density at radius 3 is 2.73 bits per heavy atom. The van der Waals surface area contributed by atoms with Gasteiger partial charge in [0.05, 0.1) is 5.52 Å². The van der Waals surface area contributed by atoms with Crippen LogP contribution in [0.1, 0.15) is 31.3 Å². The van der Waals surface area contributed by atoms with Gasteiger partial charge in [0.1, 0.15) is 5.60 Å². The first kappa shape index (κ1) is 16.1. The molecule has 0 radical (unpaired) electrons. The number of benzene rings is 1. The highest BCUT2D eigenvalue weighted by Gasteiger charge is 2.18. The van der Waals surface area contributed by atoms with Gasteiger partial charge in [0.15, 0.2) is 11.8 Å². The van der Waals surface area contributed by atoms with Crippen LogP contribution in [-0.4, -0.2) is 33.9 Å². The number of carbonyl (C=O) groups is 2. The molecule has 0 bridgehead atoms. The second-order valence-corrected chi connectivity index (χ2v) is 5.72. The molecule has 118 valence electrons. The summed E-state index contributed by atoms with van der Waals surface area (Å²) in [7, 11) is 0. The molecule has 0 aliphatic rings. The van der Waals surface area contributed by atoms with Crippen LogP contribution in [0.4, 0.5) is 10.5 Å². The normalized spacial score (nSPS) is 11.3. The molecule has 2 aromatic rings. The monoisotopic (exact) mass is 325 g/mol. The Hall–Kier alpha value is -2.28. The Balaban J connectivity index is 2.18. The number of halogens is 1. The molecule has 1 aromatic heterocycles. The maximum absolute atomic E-state index is 11.7. The van der Waals surface area contributed by atoms with Gasteiger partial charge in [0, 0.05) is 11.1 Å². The maximum atomic E-state index is 11.7. The Kier molecular flexibility index (Phi) is 4.56. The second-order valence-electron chi connectivity index (χ2n) is 5.50. The highest BCUT2D eigenvalue weighted by Crippen LogP contribution is 2.21. The average Bonchev–Trinajstić information content (AvgIpc) is 2.79. The smallest absolute Gasteiger partial charge is 0.412 e. The molecular weight excluding hydrogens is 310 g/mol. The van der Waals surface area contributed by atoms with Crippen molar-refractivity contribution in [1.82, 2.24) is 10.2 Å². The standard InChI is InChI=1S/C14H16ClN3O4/c1-14(2,3)22-13(20)16-8-4-5-9-10(6-8)17-18-11(9)12(19)21-7-15/h4-6H,7H2,1-3H3,(H,16,20)(H,17,18). The maximum Gasteiger partial charge on any atom is 0.412 e. The number of aromatic amines is 1. The minimum Gasteiger partial charge on any atom is -0.445 e. The molecule has 2 rings (SSSR count). The summed E-state index contributed by atoms with van der Waals surface area (Å²) in [6.45, 7) is 5.33. The minimum atomic E-state index is -0.617. The summed E-state index contributed by atoms with van der Waals surface area (Å²) in [5, 5.41) is 9.78. The fourth-order valence-electron chi connectivity index (χ4n) is 1.79. The van der Waals surface area contributed by atoms with Crippen molar-refractivity contribution in [3.8, 4) is 0 Å². The molecule has 0 spiro atoms. The van der Waals surface area contributed by atoms with Crippen molar-refractivity contribution in [1.29, 1.82) is 0 Å². The summed E-state index contributed by atoms with van der Waals surface area (Å²) < 4.78 is 9.86. The minimum absolute atomic E-state index is 0.138. The Morgan fingerprint density at radius 1 is 1.36 bits per heavy atom. The summed E-state index contributed by atoms with van der Waals surface area (Å²) in [6, 6.07) is 4.69. The van der Waals surface area contributed by atoms with Gasteiger partial charge in [-0.2, -0.15) is 5.10 Å². The van der Waals surface area contributed by atoms with Crippen molar-refractivity contribution >= 4 is 40.3 Å². The van der Waals surface area contributed by atoms with E-state index in [1.54, 1.807) is 39.0 Å². The summed E-state index contributed by atoms with van der Waals surface area (Å²) in [5.41, 5.74) is 0.651. The van der Waals surface area contributed by atoms with Gasteiger partial charge in [-0.3, -0.25) is 10.4 Å². The van der Waals surface area contributed by atoms with Crippen LogP contribution < -0.4 is 5.32 Å². The molecule has 22 heavy (non-hydrogen) atoms. The van der Waals surface area contributed by atoms with Crippen molar-refractivity contribution in [2.75, 3.05) is 11.4 Å². The molecule has 0 atom stereocenters. The number of amides is 1. The van der Waals surface area contributed by atoms with Gasteiger partial charge in [-0.15, -0.1) is 0 Å².